The van der Waals surface area contributed by atoms with E-state index in [2.05, 4.69) is 83.8 Å². The molecule has 8 rings (SSSR count). The van der Waals surface area contributed by atoms with Crippen molar-refractivity contribution in [1.82, 2.24) is 14.4 Å². The van der Waals surface area contributed by atoms with Crippen LogP contribution in [0.25, 0.3) is 69.9 Å². The molecule has 0 saturated carbocycles. The Bertz CT molecular complexity index is 2270. The fraction of sp³-hybridized carbons (Fsp3) is 0. The minimum atomic E-state index is -0.103. The summed E-state index contributed by atoms with van der Waals surface area (Å²) < 4.78 is 4.09. The Morgan fingerprint density at radius 3 is 2.05 bits per heavy atom. The van der Waals surface area contributed by atoms with Crippen LogP contribution in [0.4, 0.5) is 0 Å². The zero-order chi connectivity index (χ0) is 25.2. The van der Waals surface area contributed by atoms with Gasteiger partial charge < -0.3 is 0 Å². The lowest BCUT2D eigenvalue weighted by Gasteiger charge is -2.08. The molecule has 38 heavy (non-hydrogen) atoms. The number of aromatic nitrogens is 3. The lowest BCUT2D eigenvalue weighted by molar-refractivity contribution is 1.04. The van der Waals surface area contributed by atoms with Gasteiger partial charge in [-0.2, -0.15) is 0 Å². The second-order valence-electron chi connectivity index (χ2n) is 9.44. The highest BCUT2D eigenvalue weighted by Crippen LogP contribution is 2.43. The molecule has 0 fully saturated rings. The predicted molar refractivity (Wildman–Crippen MR) is 158 cm³/mol. The average Bonchev–Trinajstić information content (AvgIpc) is 3.36. The number of nitrogens with zero attached hydrogens (tertiary/aromatic N) is 3. The van der Waals surface area contributed by atoms with Crippen LogP contribution in [-0.4, -0.2) is 14.4 Å². The van der Waals surface area contributed by atoms with E-state index in [4.69, 9.17) is 4.98 Å². The second kappa shape index (κ2) is 8.07. The molecule has 8 aromatic rings. The SMILES string of the molecule is O=c1c2ccccc2nc2c3ccc(-c4cccc5c4sc4c(-c6ccccc6)cccc45)cc3ncn12. The van der Waals surface area contributed by atoms with E-state index in [0.717, 1.165) is 16.5 Å². The third-order valence-electron chi connectivity index (χ3n) is 7.28. The van der Waals surface area contributed by atoms with Crippen LogP contribution in [0.5, 0.6) is 0 Å². The molecule has 0 bridgehead atoms. The first-order chi connectivity index (χ1) is 18.8. The van der Waals surface area contributed by atoms with E-state index in [1.807, 2.05) is 35.6 Å². The summed E-state index contributed by atoms with van der Waals surface area (Å²) in [6.45, 7) is 0. The topological polar surface area (TPSA) is 47.3 Å². The van der Waals surface area contributed by atoms with Gasteiger partial charge in [0, 0.05) is 25.6 Å². The fourth-order valence-electron chi connectivity index (χ4n) is 5.45. The molecule has 5 heteroatoms. The molecule has 0 atom stereocenters. The van der Waals surface area contributed by atoms with Gasteiger partial charge in [-0.15, -0.1) is 11.3 Å². The van der Waals surface area contributed by atoms with E-state index in [0.29, 0.717) is 16.6 Å². The molecule has 0 unspecified atom stereocenters. The molecule has 0 saturated heterocycles. The van der Waals surface area contributed by atoms with E-state index in [9.17, 15) is 4.79 Å². The Hall–Kier alpha value is -4.87. The molecule has 0 aliphatic heterocycles. The van der Waals surface area contributed by atoms with Crippen molar-refractivity contribution < 1.29 is 0 Å². The van der Waals surface area contributed by atoms with Crippen LogP contribution in [0.1, 0.15) is 0 Å². The number of thiophene rings is 1. The van der Waals surface area contributed by atoms with Crippen molar-refractivity contribution in [1.29, 1.82) is 0 Å². The number of hydrogen-bond donors (Lipinski definition) is 0. The summed E-state index contributed by atoms with van der Waals surface area (Å²) in [4.78, 5) is 22.5. The summed E-state index contributed by atoms with van der Waals surface area (Å²) in [6.07, 6.45) is 1.59. The Morgan fingerprint density at radius 2 is 1.26 bits per heavy atom. The summed E-state index contributed by atoms with van der Waals surface area (Å²) in [5.74, 6) is 0. The van der Waals surface area contributed by atoms with Gasteiger partial charge in [-0.3, -0.25) is 4.79 Å². The third-order valence-corrected chi connectivity index (χ3v) is 8.57. The monoisotopic (exact) mass is 505 g/mol. The molecule has 5 aromatic carbocycles. The van der Waals surface area contributed by atoms with E-state index in [1.54, 1.807) is 16.8 Å². The number of rotatable bonds is 2. The maximum Gasteiger partial charge on any atom is 0.266 e. The van der Waals surface area contributed by atoms with E-state index in [-0.39, 0.29) is 5.56 Å². The Labute approximate surface area is 221 Å². The Kier molecular flexibility index (Phi) is 4.51. The van der Waals surface area contributed by atoms with Crippen molar-refractivity contribution in [3.8, 4) is 22.3 Å². The summed E-state index contributed by atoms with van der Waals surface area (Å²) in [5.41, 5.74) is 6.78. The highest BCUT2D eigenvalue weighted by atomic mass is 32.1. The first-order valence-corrected chi connectivity index (χ1v) is 13.3. The molecule has 0 aliphatic carbocycles. The molecule has 178 valence electrons. The van der Waals surface area contributed by atoms with Crippen molar-refractivity contribution in [2.75, 3.05) is 0 Å². The van der Waals surface area contributed by atoms with Gasteiger partial charge >= 0.3 is 0 Å². The summed E-state index contributed by atoms with van der Waals surface area (Å²) in [6, 6.07) is 37.3. The second-order valence-corrected chi connectivity index (χ2v) is 10.5. The molecule has 0 spiro atoms. The van der Waals surface area contributed by atoms with Gasteiger partial charge in [-0.05, 0) is 46.5 Å². The largest absolute Gasteiger partial charge is 0.268 e. The van der Waals surface area contributed by atoms with Crippen LogP contribution < -0.4 is 5.56 Å². The molecule has 0 radical (unpaired) electrons. The first kappa shape index (κ1) is 21.2. The fourth-order valence-corrected chi connectivity index (χ4v) is 6.82. The van der Waals surface area contributed by atoms with E-state index < -0.39 is 0 Å². The zero-order valence-electron chi connectivity index (χ0n) is 20.1. The smallest absolute Gasteiger partial charge is 0.266 e. The van der Waals surface area contributed by atoms with E-state index in [1.165, 1.54) is 36.9 Å². The van der Waals surface area contributed by atoms with Crippen LogP contribution in [0.3, 0.4) is 0 Å². The van der Waals surface area contributed by atoms with Crippen LogP contribution in [-0.2, 0) is 0 Å². The number of benzene rings is 5. The van der Waals surface area contributed by atoms with E-state index >= 15 is 0 Å². The number of hydrogen-bond acceptors (Lipinski definition) is 4. The molecule has 0 N–H and O–H groups in total. The van der Waals surface area contributed by atoms with Gasteiger partial charge in [0.25, 0.3) is 5.56 Å². The van der Waals surface area contributed by atoms with Gasteiger partial charge in [0.15, 0.2) is 5.65 Å². The molecule has 0 aliphatic rings. The number of para-hydroxylation sites is 1. The highest BCUT2D eigenvalue weighted by Gasteiger charge is 2.15. The summed E-state index contributed by atoms with van der Waals surface area (Å²) in [5, 5.41) is 3.98. The van der Waals surface area contributed by atoms with Gasteiger partial charge in [0.05, 0.1) is 16.4 Å². The van der Waals surface area contributed by atoms with Crippen LogP contribution in [0.15, 0.2) is 120 Å². The van der Waals surface area contributed by atoms with Crippen molar-refractivity contribution in [3.63, 3.8) is 0 Å². The summed E-state index contributed by atoms with van der Waals surface area (Å²) >= 11 is 1.84. The standard InChI is InChI=1S/C33H19N3OS/c37-33-27-10-4-5-15-28(27)35-32-26-17-16-21(18-29(26)34-19-36(32)33)23-12-7-14-25-24-13-6-11-22(30(24)38-31(23)25)20-8-2-1-3-9-20/h1-19H. The van der Waals surface area contributed by atoms with Gasteiger partial charge in [-0.25, -0.2) is 14.4 Å². The zero-order valence-corrected chi connectivity index (χ0v) is 20.9. The van der Waals surface area contributed by atoms with Crippen LogP contribution >= 0.6 is 11.3 Å². The molecular weight excluding hydrogens is 486 g/mol. The van der Waals surface area contributed by atoms with Gasteiger partial charge in [0.1, 0.15) is 6.33 Å². The number of fused-ring (bicyclic) bond motifs is 7. The van der Waals surface area contributed by atoms with Crippen molar-refractivity contribution >= 4 is 59.0 Å². The summed E-state index contributed by atoms with van der Waals surface area (Å²) in [7, 11) is 0. The van der Waals surface area contributed by atoms with Gasteiger partial charge in [0.2, 0.25) is 0 Å². The Balaban J connectivity index is 1.36. The average molecular weight is 506 g/mol. The van der Waals surface area contributed by atoms with Gasteiger partial charge in [-0.1, -0.05) is 84.9 Å². The lowest BCUT2D eigenvalue weighted by Crippen LogP contribution is -2.15. The lowest BCUT2D eigenvalue weighted by atomic mass is 9.99. The maximum atomic E-state index is 13.1. The highest BCUT2D eigenvalue weighted by molar-refractivity contribution is 7.26. The quantitative estimate of drug-likeness (QED) is 0.176. The minimum absolute atomic E-state index is 0.103. The van der Waals surface area contributed by atoms with Crippen LogP contribution in [0.2, 0.25) is 0 Å². The molecule has 3 heterocycles. The molecule has 0 amide bonds. The predicted octanol–water partition coefficient (Wildman–Crippen LogP) is 8.10. The van der Waals surface area contributed by atoms with Crippen LogP contribution in [0, 0.1) is 0 Å². The molecule has 3 aromatic heterocycles. The third kappa shape index (κ3) is 3.06. The maximum absolute atomic E-state index is 13.1. The molecular formula is C33H19N3OS. The van der Waals surface area contributed by atoms with Crippen molar-refractivity contribution in [2.24, 2.45) is 0 Å². The molecule has 4 nitrogen and oxygen atoms in total. The minimum Gasteiger partial charge on any atom is -0.268 e. The van der Waals surface area contributed by atoms with Crippen molar-refractivity contribution in [2.45, 2.75) is 0 Å². The Morgan fingerprint density at radius 1 is 0.579 bits per heavy atom. The van der Waals surface area contributed by atoms with Crippen molar-refractivity contribution in [3.05, 3.63) is 126 Å². The first-order valence-electron chi connectivity index (χ1n) is 12.5. The normalized spacial score (nSPS) is 11.8.